The van der Waals surface area contributed by atoms with Gasteiger partial charge in [0, 0.05) is 0 Å². The largest absolute Gasteiger partial charge is 0.103 e. The van der Waals surface area contributed by atoms with E-state index in [-0.39, 0.29) is 0 Å². The molecule has 0 spiro atoms. The van der Waals surface area contributed by atoms with Gasteiger partial charge in [-0.1, -0.05) is 127 Å². The molecular formula is C32H38. The molecule has 0 bridgehead atoms. The summed E-state index contributed by atoms with van der Waals surface area (Å²) < 4.78 is 0. The lowest BCUT2D eigenvalue weighted by Gasteiger charge is -2.22. The van der Waals surface area contributed by atoms with Crippen molar-refractivity contribution in [3.63, 3.8) is 0 Å². The van der Waals surface area contributed by atoms with Crippen LogP contribution in [0.25, 0.3) is 12.2 Å². The van der Waals surface area contributed by atoms with Crippen LogP contribution in [-0.4, -0.2) is 0 Å². The average Bonchev–Trinajstić information content (AvgIpc) is 2.80. The van der Waals surface area contributed by atoms with Crippen molar-refractivity contribution in [2.75, 3.05) is 0 Å². The fourth-order valence-electron chi connectivity index (χ4n) is 3.90. The topological polar surface area (TPSA) is 0 Å². The van der Waals surface area contributed by atoms with Crippen LogP contribution < -0.4 is 0 Å². The van der Waals surface area contributed by atoms with E-state index in [0.29, 0.717) is 11.8 Å². The third-order valence-corrected chi connectivity index (χ3v) is 5.56. The zero-order valence-electron chi connectivity index (χ0n) is 19.8. The molecule has 0 heteroatoms. The van der Waals surface area contributed by atoms with Crippen LogP contribution in [-0.2, 0) is 0 Å². The van der Waals surface area contributed by atoms with E-state index < -0.39 is 0 Å². The van der Waals surface area contributed by atoms with Crippen molar-refractivity contribution < 1.29 is 0 Å². The lowest BCUT2D eigenvalue weighted by Crippen LogP contribution is -2.08. The highest BCUT2D eigenvalue weighted by Gasteiger charge is 2.15. The second-order valence-electron chi connectivity index (χ2n) is 8.55. The Morgan fingerprint density at radius 3 is 1.81 bits per heavy atom. The molecule has 2 aromatic carbocycles. The van der Waals surface area contributed by atoms with Crippen molar-refractivity contribution in [2.24, 2.45) is 11.8 Å². The van der Waals surface area contributed by atoms with Gasteiger partial charge in [-0.15, -0.1) is 13.2 Å². The summed E-state index contributed by atoms with van der Waals surface area (Å²) in [5.41, 5.74) is 5.33. The highest BCUT2D eigenvalue weighted by Crippen LogP contribution is 2.30. The molecule has 0 aromatic heterocycles. The van der Waals surface area contributed by atoms with Crippen molar-refractivity contribution in [3.05, 3.63) is 133 Å². The van der Waals surface area contributed by atoms with Gasteiger partial charge in [-0.05, 0) is 55.6 Å². The Morgan fingerprint density at radius 2 is 1.28 bits per heavy atom. The predicted molar refractivity (Wildman–Crippen MR) is 144 cm³/mol. The fourth-order valence-corrected chi connectivity index (χ4v) is 3.90. The molecule has 2 rings (SSSR count). The molecule has 32 heavy (non-hydrogen) atoms. The SMILES string of the molecule is C=CCC(C)C/C(=C/C=C/c1ccccc1)C(CC=C)C/C(C)=C/C=C/c1ccccc1. The summed E-state index contributed by atoms with van der Waals surface area (Å²) in [6.07, 6.45) is 21.5. The molecule has 0 saturated heterocycles. The van der Waals surface area contributed by atoms with Gasteiger partial charge in [0.2, 0.25) is 0 Å². The molecule has 0 nitrogen and oxygen atoms in total. The van der Waals surface area contributed by atoms with Crippen LogP contribution in [0.1, 0.15) is 50.7 Å². The normalized spacial score (nSPS) is 14.6. The molecule has 2 atom stereocenters. The van der Waals surface area contributed by atoms with Crippen molar-refractivity contribution >= 4 is 12.2 Å². The number of allylic oxidation sites excluding steroid dienone is 8. The molecule has 0 fully saturated rings. The summed E-state index contributed by atoms with van der Waals surface area (Å²) in [6.45, 7) is 12.5. The van der Waals surface area contributed by atoms with Crippen LogP contribution in [0, 0.1) is 11.8 Å². The Morgan fingerprint density at radius 1 is 0.750 bits per heavy atom. The summed E-state index contributed by atoms with van der Waals surface area (Å²) in [7, 11) is 0. The molecule has 0 aliphatic carbocycles. The van der Waals surface area contributed by atoms with E-state index in [4.69, 9.17) is 0 Å². The first kappa shape index (κ1) is 25.1. The number of hydrogen-bond donors (Lipinski definition) is 0. The van der Waals surface area contributed by atoms with E-state index in [1.54, 1.807) is 0 Å². The van der Waals surface area contributed by atoms with Crippen molar-refractivity contribution in [2.45, 2.75) is 39.5 Å². The van der Waals surface area contributed by atoms with Crippen molar-refractivity contribution in [1.29, 1.82) is 0 Å². The Balaban J connectivity index is 2.18. The van der Waals surface area contributed by atoms with Crippen molar-refractivity contribution in [3.8, 4) is 0 Å². The minimum atomic E-state index is 0.460. The molecule has 0 aliphatic heterocycles. The summed E-state index contributed by atoms with van der Waals surface area (Å²) in [6, 6.07) is 20.9. The van der Waals surface area contributed by atoms with Gasteiger partial charge in [0.05, 0.1) is 0 Å². The molecule has 0 N–H and O–H groups in total. The van der Waals surface area contributed by atoms with Crippen molar-refractivity contribution in [1.82, 2.24) is 0 Å². The maximum absolute atomic E-state index is 4.04. The standard InChI is InChI=1S/C32H38/c1-5-15-27(3)25-32(24-14-23-30-20-11-8-12-21-30)31(16-6-2)26-28(4)17-13-22-29-18-9-7-10-19-29/h5-14,17-24,27,31H,1-2,15-16,25-26H2,3-4H3/b22-13+,23-14+,28-17+,32-24-. The molecular weight excluding hydrogens is 384 g/mol. The first-order valence-electron chi connectivity index (χ1n) is 11.6. The summed E-state index contributed by atoms with van der Waals surface area (Å²) in [5, 5.41) is 0. The minimum Gasteiger partial charge on any atom is -0.103 e. The van der Waals surface area contributed by atoms with Gasteiger partial charge >= 0.3 is 0 Å². The van der Waals surface area contributed by atoms with E-state index in [0.717, 1.165) is 25.7 Å². The van der Waals surface area contributed by atoms with Gasteiger partial charge in [0.1, 0.15) is 0 Å². The Kier molecular flexibility index (Phi) is 11.6. The second kappa shape index (κ2) is 14.8. The molecule has 0 saturated carbocycles. The van der Waals surface area contributed by atoms with Gasteiger partial charge in [-0.3, -0.25) is 0 Å². The predicted octanol–water partition coefficient (Wildman–Crippen LogP) is 9.47. The fraction of sp³-hybridized carbons (Fsp3) is 0.250. The maximum atomic E-state index is 4.04. The van der Waals surface area contributed by atoms with E-state index in [1.807, 2.05) is 12.1 Å². The first-order valence-corrected chi connectivity index (χ1v) is 11.6. The second-order valence-corrected chi connectivity index (χ2v) is 8.55. The van der Waals surface area contributed by atoms with Crippen LogP contribution in [0.15, 0.2) is 121 Å². The molecule has 166 valence electrons. The van der Waals surface area contributed by atoms with Crippen LogP contribution in [0.3, 0.4) is 0 Å². The molecule has 2 unspecified atom stereocenters. The van der Waals surface area contributed by atoms with E-state index in [2.05, 4.69) is 124 Å². The monoisotopic (exact) mass is 422 g/mol. The van der Waals surface area contributed by atoms with Crippen LogP contribution in [0.4, 0.5) is 0 Å². The zero-order valence-corrected chi connectivity index (χ0v) is 19.8. The lowest BCUT2D eigenvalue weighted by molar-refractivity contribution is 0.512. The van der Waals surface area contributed by atoms with Crippen LogP contribution in [0.5, 0.6) is 0 Å². The smallest absolute Gasteiger partial charge is 0.0128 e. The lowest BCUT2D eigenvalue weighted by atomic mass is 9.83. The highest BCUT2D eigenvalue weighted by molar-refractivity contribution is 5.52. The Labute approximate surface area is 196 Å². The molecule has 0 aliphatic rings. The average molecular weight is 423 g/mol. The first-order chi connectivity index (χ1) is 15.6. The highest BCUT2D eigenvalue weighted by atomic mass is 14.2. The van der Waals surface area contributed by atoms with E-state index in [9.17, 15) is 0 Å². The molecule has 0 heterocycles. The van der Waals surface area contributed by atoms with E-state index >= 15 is 0 Å². The Hall–Kier alpha value is -3.12. The Bertz CT molecular complexity index is 923. The van der Waals surface area contributed by atoms with Crippen LogP contribution in [0.2, 0.25) is 0 Å². The van der Waals surface area contributed by atoms with Gasteiger partial charge in [-0.25, -0.2) is 0 Å². The van der Waals surface area contributed by atoms with Crippen LogP contribution >= 0.6 is 0 Å². The zero-order chi connectivity index (χ0) is 23.0. The third kappa shape index (κ3) is 9.79. The van der Waals surface area contributed by atoms with Gasteiger partial charge < -0.3 is 0 Å². The maximum Gasteiger partial charge on any atom is -0.0128 e. The van der Waals surface area contributed by atoms with Gasteiger partial charge in [0.25, 0.3) is 0 Å². The third-order valence-electron chi connectivity index (χ3n) is 5.56. The van der Waals surface area contributed by atoms with Gasteiger partial charge in [-0.2, -0.15) is 0 Å². The molecule has 0 radical (unpaired) electrons. The minimum absolute atomic E-state index is 0.460. The van der Waals surface area contributed by atoms with E-state index in [1.165, 1.54) is 22.3 Å². The quantitative estimate of drug-likeness (QED) is 0.223. The summed E-state index contributed by atoms with van der Waals surface area (Å²) >= 11 is 0. The number of hydrogen-bond acceptors (Lipinski definition) is 0. The molecule has 2 aromatic rings. The number of rotatable bonds is 13. The molecule has 0 amide bonds. The summed E-state index contributed by atoms with van der Waals surface area (Å²) in [5.74, 6) is 1.04. The van der Waals surface area contributed by atoms with Gasteiger partial charge in [0.15, 0.2) is 0 Å². The number of benzene rings is 2. The summed E-state index contributed by atoms with van der Waals surface area (Å²) in [4.78, 5) is 0.